The minimum absolute atomic E-state index is 0.196. The van der Waals surface area contributed by atoms with Crippen LogP contribution in [0.25, 0.3) is 11.3 Å². The van der Waals surface area contributed by atoms with Crippen molar-refractivity contribution in [2.45, 2.75) is 44.1 Å². The average Bonchev–Trinajstić information content (AvgIpc) is 3.45. The highest BCUT2D eigenvalue weighted by atomic mass is 35.5. The molecule has 2 aliphatic rings. The third kappa shape index (κ3) is 4.59. The second-order valence-corrected chi connectivity index (χ2v) is 10.1. The van der Waals surface area contributed by atoms with Gasteiger partial charge in [0, 0.05) is 37.1 Å². The first-order valence-corrected chi connectivity index (χ1v) is 12.0. The zero-order valence-electron chi connectivity index (χ0n) is 20.1. The molecule has 5 rings (SSSR count). The van der Waals surface area contributed by atoms with Crippen molar-refractivity contribution in [1.29, 1.82) is 0 Å². The zero-order valence-corrected chi connectivity index (χ0v) is 20.9. The molecule has 2 amide bonds. The Morgan fingerprint density at radius 1 is 1.22 bits per heavy atom. The molecule has 1 saturated heterocycles. The molecule has 2 aliphatic heterocycles. The Morgan fingerprint density at radius 3 is 2.73 bits per heavy atom. The van der Waals surface area contributed by atoms with Gasteiger partial charge in [-0.3, -0.25) is 9.67 Å². The molecule has 1 spiro atoms. The average molecular weight is 536 g/mol. The first-order chi connectivity index (χ1) is 17.4. The second kappa shape index (κ2) is 8.88. The number of halogens is 4. The minimum atomic E-state index is -4.63. The summed E-state index contributed by atoms with van der Waals surface area (Å²) < 4.78 is 48.0. The summed E-state index contributed by atoms with van der Waals surface area (Å²) in [7, 11) is 0. The van der Waals surface area contributed by atoms with Crippen LogP contribution < -0.4 is 11.1 Å². The second-order valence-electron chi connectivity index (χ2n) is 9.72. The summed E-state index contributed by atoms with van der Waals surface area (Å²) in [6, 6.07) is 4.13. The van der Waals surface area contributed by atoms with Crippen LogP contribution in [0, 0.1) is 0 Å². The molecule has 1 fully saturated rings. The van der Waals surface area contributed by atoms with Gasteiger partial charge in [0.05, 0.1) is 47.2 Å². The fourth-order valence-corrected chi connectivity index (χ4v) is 5.27. The molecule has 0 unspecified atom stereocenters. The summed E-state index contributed by atoms with van der Waals surface area (Å²) in [6.07, 6.45) is 0.286. The molecular weight excluding hydrogens is 511 g/mol. The predicted molar refractivity (Wildman–Crippen MR) is 129 cm³/mol. The van der Waals surface area contributed by atoms with Gasteiger partial charge in [0.25, 0.3) is 0 Å². The Bertz CT molecular complexity index is 1360. The van der Waals surface area contributed by atoms with Crippen LogP contribution in [0.3, 0.4) is 0 Å². The maximum absolute atomic E-state index is 13.4. The van der Waals surface area contributed by atoms with Crippen molar-refractivity contribution >= 4 is 23.4 Å². The number of hydrogen-bond acceptors (Lipinski definition) is 6. The summed E-state index contributed by atoms with van der Waals surface area (Å²) >= 11 is 6.29. The molecule has 0 bridgehead atoms. The van der Waals surface area contributed by atoms with E-state index in [2.05, 4.69) is 20.4 Å². The van der Waals surface area contributed by atoms with Gasteiger partial charge in [-0.05, 0) is 37.6 Å². The van der Waals surface area contributed by atoms with E-state index in [9.17, 15) is 18.0 Å². The molecule has 37 heavy (non-hydrogen) atoms. The summed E-state index contributed by atoms with van der Waals surface area (Å²) in [5, 5.41) is 8.00. The van der Waals surface area contributed by atoms with E-state index in [0.29, 0.717) is 42.5 Å². The number of pyridine rings is 2. The van der Waals surface area contributed by atoms with E-state index >= 15 is 0 Å². The molecule has 0 aliphatic carbocycles. The van der Waals surface area contributed by atoms with Crippen molar-refractivity contribution < 1.29 is 22.7 Å². The number of rotatable bonds is 3. The van der Waals surface area contributed by atoms with Crippen LogP contribution in [0.2, 0.25) is 5.02 Å². The number of hydrogen-bond donors (Lipinski definition) is 2. The summed E-state index contributed by atoms with van der Waals surface area (Å²) in [6.45, 7) is 5.19. The molecule has 0 saturated carbocycles. The number of carbonyl (C=O) groups is 1. The van der Waals surface area contributed by atoms with E-state index in [-0.39, 0.29) is 18.1 Å². The fourth-order valence-electron chi connectivity index (χ4n) is 4.92. The van der Waals surface area contributed by atoms with Crippen LogP contribution in [-0.2, 0) is 28.6 Å². The number of nitrogens with one attached hydrogen (secondary N) is 1. The monoisotopic (exact) mass is 535 g/mol. The lowest BCUT2D eigenvalue weighted by atomic mass is 9.95. The predicted octanol–water partition coefficient (Wildman–Crippen LogP) is 4.17. The van der Waals surface area contributed by atoms with Gasteiger partial charge >= 0.3 is 12.2 Å². The number of ether oxygens (including phenoxy) is 1. The number of anilines is 1. The first kappa shape index (κ1) is 25.3. The van der Waals surface area contributed by atoms with Gasteiger partial charge in [-0.25, -0.2) is 9.78 Å². The van der Waals surface area contributed by atoms with Gasteiger partial charge in [-0.2, -0.15) is 18.3 Å². The lowest BCUT2D eigenvalue weighted by molar-refractivity contribution is -0.137. The fraction of sp³-hybridized carbons (Fsp3) is 0.417. The number of urea groups is 1. The number of nitrogens with zero attached hydrogens (tertiary/aromatic N) is 5. The third-order valence-electron chi connectivity index (χ3n) is 6.83. The topological polar surface area (TPSA) is 111 Å². The lowest BCUT2D eigenvalue weighted by Gasteiger charge is -2.35. The van der Waals surface area contributed by atoms with Crippen molar-refractivity contribution in [2.75, 3.05) is 25.4 Å². The number of alkyl halides is 3. The molecule has 3 N–H and O–H groups in total. The van der Waals surface area contributed by atoms with Gasteiger partial charge < -0.3 is 20.7 Å². The highest BCUT2D eigenvalue weighted by Crippen LogP contribution is 2.41. The molecule has 5 heterocycles. The SMILES string of the molecule is CC(C)(NC(=O)N1CC[C@@]2(C1)OCCn1nc(-c3cnc(N)c(C(F)(F)F)c3)cc12)c1ccncc1Cl. The molecule has 1 atom stereocenters. The smallest absolute Gasteiger partial charge is 0.383 e. The Kier molecular flexibility index (Phi) is 6.06. The highest BCUT2D eigenvalue weighted by Gasteiger charge is 2.47. The number of nitrogens with two attached hydrogens (primary N) is 1. The molecule has 3 aromatic rings. The van der Waals surface area contributed by atoms with Crippen molar-refractivity contribution in [1.82, 2.24) is 30.0 Å². The van der Waals surface area contributed by atoms with Crippen LogP contribution in [0.4, 0.5) is 23.8 Å². The zero-order chi connectivity index (χ0) is 26.6. The van der Waals surface area contributed by atoms with E-state index in [0.717, 1.165) is 11.6 Å². The van der Waals surface area contributed by atoms with Crippen molar-refractivity contribution in [3.05, 3.63) is 58.6 Å². The van der Waals surface area contributed by atoms with E-state index < -0.39 is 28.7 Å². The standard InChI is InChI=1S/C24H25ClF3N7O2/c1-22(2,15-3-5-30-12-17(15)25)32-21(36)34-6-4-23(13-34)19-10-18(33-35(19)7-8-37-23)14-9-16(24(26,27)28)20(29)31-11-14/h3,5,9-12H,4,6-8,13H2,1-2H3,(H2,29,31)(H,32,36)/t23-/m0/s1. The minimum Gasteiger partial charge on any atom is -0.383 e. The quantitative estimate of drug-likeness (QED) is 0.521. The van der Waals surface area contributed by atoms with Gasteiger partial charge in [-0.15, -0.1) is 0 Å². The number of amides is 2. The molecule has 196 valence electrons. The van der Waals surface area contributed by atoms with E-state index in [1.165, 1.54) is 12.4 Å². The molecule has 3 aromatic heterocycles. The molecular formula is C24H25ClF3N7O2. The van der Waals surface area contributed by atoms with Crippen LogP contribution >= 0.6 is 11.6 Å². The Hall–Kier alpha value is -3.38. The Morgan fingerprint density at radius 2 is 2.00 bits per heavy atom. The van der Waals surface area contributed by atoms with Crippen LogP contribution in [0.1, 0.15) is 37.1 Å². The van der Waals surface area contributed by atoms with Gasteiger partial charge in [0.1, 0.15) is 11.4 Å². The van der Waals surface area contributed by atoms with Crippen LogP contribution in [0.5, 0.6) is 0 Å². The van der Waals surface area contributed by atoms with Crippen molar-refractivity contribution in [3.63, 3.8) is 0 Å². The molecule has 0 radical (unpaired) electrons. The molecule has 0 aromatic carbocycles. The molecule has 13 heteroatoms. The summed E-state index contributed by atoms with van der Waals surface area (Å²) in [4.78, 5) is 22.6. The summed E-state index contributed by atoms with van der Waals surface area (Å²) in [5.74, 6) is -0.589. The Labute approximate surface area is 215 Å². The maximum Gasteiger partial charge on any atom is 0.419 e. The van der Waals surface area contributed by atoms with Crippen LogP contribution in [0.15, 0.2) is 36.8 Å². The molecule has 9 nitrogen and oxygen atoms in total. The van der Waals surface area contributed by atoms with Crippen molar-refractivity contribution in [3.8, 4) is 11.3 Å². The van der Waals surface area contributed by atoms with Gasteiger partial charge in [-0.1, -0.05) is 11.6 Å². The van der Waals surface area contributed by atoms with E-state index in [1.807, 2.05) is 13.8 Å². The number of nitrogen functional groups attached to an aromatic ring is 1. The van der Waals surface area contributed by atoms with Gasteiger partial charge in [0.15, 0.2) is 0 Å². The van der Waals surface area contributed by atoms with Crippen molar-refractivity contribution in [2.24, 2.45) is 0 Å². The Balaban J connectivity index is 1.39. The number of carbonyl (C=O) groups excluding carboxylic acids is 1. The number of fused-ring (bicyclic) bond motifs is 2. The largest absolute Gasteiger partial charge is 0.419 e. The van der Waals surface area contributed by atoms with E-state index in [1.54, 1.807) is 27.9 Å². The first-order valence-electron chi connectivity index (χ1n) is 11.6. The maximum atomic E-state index is 13.4. The third-order valence-corrected chi connectivity index (χ3v) is 7.13. The number of aromatic nitrogens is 4. The lowest BCUT2D eigenvalue weighted by Crippen LogP contribution is -2.49. The highest BCUT2D eigenvalue weighted by molar-refractivity contribution is 6.31. The number of likely N-dealkylation sites (tertiary alicyclic amines) is 1. The van der Waals surface area contributed by atoms with Gasteiger partial charge in [0.2, 0.25) is 0 Å². The summed E-state index contributed by atoms with van der Waals surface area (Å²) in [5.41, 5.74) is 4.81. The van der Waals surface area contributed by atoms with Crippen LogP contribution in [-0.4, -0.2) is 50.4 Å². The normalized spacial score (nSPS) is 19.8. The van der Waals surface area contributed by atoms with E-state index in [4.69, 9.17) is 22.1 Å².